The second-order valence-corrected chi connectivity index (χ2v) is 10.7. The second-order valence-electron chi connectivity index (χ2n) is 7.89. The van der Waals surface area contributed by atoms with Crippen molar-refractivity contribution in [1.29, 1.82) is 0 Å². The first-order valence-electron chi connectivity index (χ1n) is 9.85. The molecule has 3 heterocycles. The number of aromatic nitrogens is 1. The Labute approximate surface area is 210 Å². The predicted molar refractivity (Wildman–Crippen MR) is 123 cm³/mol. The number of nitrogens with two attached hydrogens (primary N) is 1. The summed E-state index contributed by atoms with van der Waals surface area (Å²) in [4.78, 5) is 70.5. The lowest BCUT2D eigenvalue weighted by Gasteiger charge is -2.45. The van der Waals surface area contributed by atoms with E-state index < -0.39 is 65.1 Å². The number of nitrogen functional groups attached to an aromatic ring is 1. The van der Waals surface area contributed by atoms with Gasteiger partial charge in [-0.1, -0.05) is 28.1 Å². The number of carbonyl (C=O) groups excluding carboxylic acids is 3. The number of hydrogen-bond acceptors (Lipinski definition) is 12. The number of carboxylic acids is 2. The minimum atomic E-state index is -1.81. The number of nitrogens with zero attached hydrogens (tertiary/aromatic N) is 3. The highest BCUT2D eigenvalue weighted by Crippen LogP contribution is 2.34. The van der Waals surface area contributed by atoms with Gasteiger partial charge in [0.25, 0.3) is 11.8 Å². The molecular weight excluding hydrogens is 530 g/mol. The number of β-lactam (4-membered cyclic amide) rings is 1. The summed E-state index contributed by atoms with van der Waals surface area (Å²) < 4.78 is 4.95. The molecule has 2 amide bonds. The highest BCUT2D eigenvalue weighted by molar-refractivity contribution is 8.00. The minimum Gasteiger partial charge on any atom is -0.481 e. The molecule has 14 nitrogen and oxygen atoms in total. The number of rotatable bonds is 7. The summed E-state index contributed by atoms with van der Waals surface area (Å²) in [6.07, 6.45) is -0.356. The van der Waals surface area contributed by atoms with Crippen LogP contribution in [0.5, 0.6) is 0 Å². The van der Waals surface area contributed by atoms with E-state index in [0.29, 0.717) is 0 Å². The van der Waals surface area contributed by atoms with E-state index in [0.717, 1.165) is 23.1 Å². The summed E-state index contributed by atoms with van der Waals surface area (Å²) >= 11 is 7.99. The number of oxime groups is 1. The van der Waals surface area contributed by atoms with Crippen LogP contribution in [-0.2, 0) is 33.5 Å². The Morgan fingerprint density at radius 3 is 2.60 bits per heavy atom. The van der Waals surface area contributed by atoms with Gasteiger partial charge in [0.1, 0.15) is 21.4 Å². The molecule has 0 aliphatic carbocycles. The van der Waals surface area contributed by atoms with Gasteiger partial charge in [0.2, 0.25) is 5.60 Å². The van der Waals surface area contributed by atoms with Crippen LogP contribution in [0.15, 0.2) is 5.16 Å². The molecule has 0 aromatic carbocycles. The average molecular weight is 550 g/mol. The molecule has 2 fully saturated rings. The van der Waals surface area contributed by atoms with Crippen LogP contribution in [0.1, 0.15) is 26.0 Å². The van der Waals surface area contributed by atoms with Crippen molar-refractivity contribution < 1.29 is 43.8 Å². The minimum absolute atomic E-state index is 0.00208. The average Bonchev–Trinajstić information content (AvgIpc) is 3.13. The number of aliphatic carboxylic acids is 2. The molecule has 1 aromatic rings. The van der Waals surface area contributed by atoms with E-state index >= 15 is 0 Å². The summed E-state index contributed by atoms with van der Waals surface area (Å²) in [6.45, 7) is 2.00. The molecule has 2 aliphatic rings. The van der Waals surface area contributed by atoms with Gasteiger partial charge in [0, 0.05) is 5.75 Å². The van der Waals surface area contributed by atoms with Crippen LogP contribution in [0.25, 0.3) is 0 Å². The smallest absolute Gasteiger partial charge is 0.350 e. The molecule has 0 saturated carbocycles. The fourth-order valence-electron chi connectivity index (χ4n) is 2.88. The van der Waals surface area contributed by atoms with Gasteiger partial charge in [-0.25, -0.2) is 9.78 Å². The number of amides is 2. The van der Waals surface area contributed by atoms with Crippen molar-refractivity contribution in [1.82, 2.24) is 15.2 Å². The van der Waals surface area contributed by atoms with Gasteiger partial charge in [-0.15, -0.1) is 11.8 Å². The number of nitrogens with one attached hydrogen (secondary N) is 1. The lowest BCUT2D eigenvalue weighted by Crippen LogP contribution is -2.70. The number of ether oxygens (including phenoxy) is 1. The first-order chi connectivity index (χ1) is 16.3. The van der Waals surface area contributed by atoms with Crippen LogP contribution >= 0.6 is 34.7 Å². The number of thiazole rings is 1. The van der Waals surface area contributed by atoms with Crippen LogP contribution in [0.2, 0.25) is 4.34 Å². The van der Waals surface area contributed by atoms with Gasteiger partial charge in [0.15, 0.2) is 17.6 Å². The lowest BCUT2D eigenvalue weighted by atomic mass is 10.1. The third-order valence-corrected chi connectivity index (χ3v) is 7.49. The van der Waals surface area contributed by atoms with Gasteiger partial charge < -0.3 is 30.8 Å². The van der Waals surface area contributed by atoms with E-state index in [1.54, 1.807) is 0 Å². The van der Waals surface area contributed by atoms with Gasteiger partial charge in [-0.2, -0.15) is 0 Å². The van der Waals surface area contributed by atoms with E-state index in [1.807, 2.05) is 0 Å². The van der Waals surface area contributed by atoms with E-state index in [1.165, 1.54) is 18.7 Å². The Morgan fingerprint density at radius 1 is 1.34 bits per heavy atom. The zero-order valence-electron chi connectivity index (χ0n) is 18.2. The quantitative estimate of drug-likeness (QED) is 0.153. The summed E-state index contributed by atoms with van der Waals surface area (Å²) in [6, 6.07) is -1.13. The molecule has 2 aliphatic heterocycles. The zero-order valence-corrected chi connectivity index (χ0v) is 20.6. The fourth-order valence-corrected chi connectivity index (χ4v) is 5.22. The van der Waals surface area contributed by atoms with Crippen molar-refractivity contribution in [3.63, 3.8) is 0 Å². The van der Waals surface area contributed by atoms with Crippen LogP contribution in [-0.4, -0.2) is 85.0 Å². The van der Waals surface area contributed by atoms with Crippen LogP contribution in [0.3, 0.4) is 0 Å². The molecule has 0 bridgehead atoms. The third-order valence-electron chi connectivity index (χ3n) is 4.95. The largest absolute Gasteiger partial charge is 0.481 e. The van der Waals surface area contributed by atoms with Crippen molar-refractivity contribution in [3.05, 3.63) is 10.0 Å². The molecule has 190 valence electrons. The zero-order chi connectivity index (χ0) is 26.1. The summed E-state index contributed by atoms with van der Waals surface area (Å²) in [7, 11) is 0. The molecule has 3 rings (SSSR count). The molecule has 1 aromatic heterocycles. The van der Waals surface area contributed by atoms with Crippen molar-refractivity contribution in [2.24, 2.45) is 11.1 Å². The first-order valence-corrected chi connectivity index (χ1v) is 12.1. The van der Waals surface area contributed by atoms with Crippen molar-refractivity contribution in [2.45, 2.75) is 37.3 Å². The SMILES string of the molecule is CC(C)(O/N=C(\C(=O)N[C@@H]1C(=O)N2COC(=O)C[C@H](C(=O)O)CS[C@H]12)c1nc(N)sc1Cl)C(=O)O. The molecule has 0 spiro atoms. The number of halogens is 1. The Hall–Kier alpha value is -3.11. The molecule has 2 saturated heterocycles. The highest BCUT2D eigenvalue weighted by atomic mass is 35.5. The summed E-state index contributed by atoms with van der Waals surface area (Å²) in [5, 5.41) is 23.9. The summed E-state index contributed by atoms with van der Waals surface area (Å²) in [5.41, 5.74) is 3.12. The third kappa shape index (κ3) is 5.76. The Morgan fingerprint density at radius 2 is 2.03 bits per heavy atom. The maximum atomic E-state index is 13.1. The normalized spacial score (nSPS) is 23.1. The number of carbonyl (C=O) groups is 5. The van der Waals surface area contributed by atoms with Crippen LogP contribution in [0, 0.1) is 5.92 Å². The topological polar surface area (TPSA) is 211 Å². The molecule has 3 atom stereocenters. The highest BCUT2D eigenvalue weighted by Gasteiger charge is 2.50. The standard InChI is InChI=1S/C18H20ClN5O9S2/c1-18(2,16(30)31)33-23-9(8-11(19)35-17(20)22-8)12(26)21-10-13(27)24-5-32-7(25)3-6(15(28)29)4-34-14(10)24/h6,10,14H,3-5H2,1-2H3,(H2,20,22)(H,21,26)(H,28,29)(H,30,31)/b23-9-/t6-,10+,14+/m0/s1. The van der Waals surface area contributed by atoms with Crippen molar-refractivity contribution in [2.75, 3.05) is 18.2 Å². The Balaban J connectivity index is 1.84. The van der Waals surface area contributed by atoms with E-state index in [9.17, 15) is 34.2 Å². The lowest BCUT2D eigenvalue weighted by molar-refractivity contribution is -0.165. The van der Waals surface area contributed by atoms with Crippen molar-refractivity contribution >= 4 is 75.3 Å². The van der Waals surface area contributed by atoms with Gasteiger partial charge in [-0.05, 0) is 13.8 Å². The number of fused-ring (bicyclic) bond motifs is 1. The molecule has 0 radical (unpaired) electrons. The number of anilines is 1. The maximum Gasteiger partial charge on any atom is 0.350 e. The number of esters is 1. The van der Waals surface area contributed by atoms with E-state index in [4.69, 9.17) is 26.9 Å². The number of carboxylic acid groups (broad SMARTS) is 2. The monoisotopic (exact) mass is 549 g/mol. The van der Waals surface area contributed by atoms with E-state index in [2.05, 4.69) is 15.5 Å². The number of cyclic esters (lactones) is 1. The number of thioether (sulfide) groups is 1. The Bertz CT molecular complexity index is 1110. The molecular formula is C18H20ClN5O9S2. The Kier molecular flexibility index (Phi) is 7.76. The van der Waals surface area contributed by atoms with Gasteiger partial charge in [-0.3, -0.25) is 24.1 Å². The fraction of sp³-hybridized carbons (Fsp3) is 0.500. The molecule has 5 N–H and O–H groups in total. The van der Waals surface area contributed by atoms with Gasteiger partial charge >= 0.3 is 17.9 Å². The molecule has 35 heavy (non-hydrogen) atoms. The summed E-state index contributed by atoms with van der Waals surface area (Å²) in [5.74, 6) is -5.94. The van der Waals surface area contributed by atoms with Crippen molar-refractivity contribution in [3.8, 4) is 0 Å². The molecule has 0 unspecified atom stereocenters. The second kappa shape index (κ2) is 10.2. The van der Waals surface area contributed by atoms with Crippen LogP contribution < -0.4 is 11.1 Å². The van der Waals surface area contributed by atoms with Crippen LogP contribution in [0.4, 0.5) is 5.13 Å². The number of hydrogen-bond donors (Lipinski definition) is 4. The molecule has 17 heteroatoms. The maximum absolute atomic E-state index is 13.1. The predicted octanol–water partition coefficient (Wildman–Crippen LogP) is -0.0459. The van der Waals surface area contributed by atoms with Gasteiger partial charge in [0.05, 0.1) is 12.3 Å². The van der Waals surface area contributed by atoms with E-state index in [-0.39, 0.29) is 27.3 Å². The first kappa shape index (κ1) is 26.5.